The lowest BCUT2D eigenvalue weighted by Gasteiger charge is -2.15. The maximum atomic E-state index is 2.55. The number of benzene rings is 3. The van der Waals surface area contributed by atoms with Gasteiger partial charge in [0, 0.05) is 81.4 Å². The summed E-state index contributed by atoms with van der Waals surface area (Å²) >= 11 is 7.96. The van der Waals surface area contributed by atoms with Crippen molar-refractivity contribution in [3.05, 3.63) is 55.9 Å². The molecule has 0 amide bonds. The number of thiophene rings is 4. The lowest BCUT2D eigenvalue weighted by atomic mass is 9.93. The molecule has 0 N–H and O–H groups in total. The van der Waals surface area contributed by atoms with Crippen molar-refractivity contribution >= 4 is 107 Å². The van der Waals surface area contributed by atoms with Gasteiger partial charge in [0.25, 0.3) is 0 Å². The average molecular weight is 617 g/mol. The Morgan fingerprint density at radius 2 is 0.805 bits per heavy atom. The van der Waals surface area contributed by atoms with Crippen LogP contribution in [-0.2, 0) is 18.3 Å². The lowest BCUT2D eigenvalue weighted by Crippen LogP contribution is -2.07. The summed E-state index contributed by atoms with van der Waals surface area (Å²) in [6, 6.07) is 14.9. The van der Waals surface area contributed by atoms with Gasteiger partial charge in [0.1, 0.15) is 0 Å². The Bertz CT molecular complexity index is 1990. The first-order valence-corrected chi connectivity index (χ1v) is 18.6. The molecular weight excluding hydrogens is 573 g/mol. The van der Waals surface area contributed by atoms with Crippen LogP contribution in [-0.4, -0.2) is 0 Å². The molecule has 3 aromatic carbocycles. The zero-order valence-corrected chi connectivity index (χ0v) is 29.7. The third kappa shape index (κ3) is 5.35. The number of hydrogen-bond donors (Lipinski definition) is 0. The summed E-state index contributed by atoms with van der Waals surface area (Å²) in [5, 5.41) is 11.5. The summed E-state index contributed by atoms with van der Waals surface area (Å²) in [5.41, 5.74) is 0.153. The molecule has 4 aromatic heterocycles. The van der Waals surface area contributed by atoms with Crippen molar-refractivity contribution in [3.63, 3.8) is 0 Å². The SMILES string of the molecule is CCC.CCC.CCc1cc2c3cc(C)sc3c3cc4c(cc3c2s1)c1sc(CC)cc1c1cc(C(C)(C)C)sc14. The van der Waals surface area contributed by atoms with Gasteiger partial charge in [0.15, 0.2) is 0 Å². The van der Waals surface area contributed by atoms with Gasteiger partial charge in [-0.15, -0.1) is 45.3 Å². The molecule has 4 heteroatoms. The van der Waals surface area contributed by atoms with E-state index in [1.807, 2.05) is 45.3 Å². The summed E-state index contributed by atoms with van der Waals surface area (Å²) in [6.07, 6.45) is 4.69. The molecule has 0 unspecified atom stereocenters. The highest BCUT2D eigenvalue weighted by Crippen LogP contribution is 2.49. The largest absolute Gasteiger partial charge is 0.140 e. The minimum atomic E-state index is 0.153. The third-order valence-electron chi connectivity index (χ3n) is 7.31. The van der Waals surface area contributed by atoms with Crippen LogP contribution in [0.25, 0.3) is 61.9 Å². The second kappa shape index (κ2) is 12.0. The van der Waals surface area contributed by atoms with Crippen molar-refractivity contribution in [1.29, 1.82) is 0 Å². The van der Waals surface area contributed by atoms with Gasteiger partial charge in [0.05, 0.1) is 0 Å². The van der Waals surface area contributed by atoms with Gasteiger partial charge in [-0.05, 0) is 61.6 Å². The standard InChI is InChI=1S/C31H28S4.2C3H8/c1-7-16-10-19-18-9-15(3)32-27(18)21-12-24-23(13-22(21)28(19)33-16)29-20(11-17(8-2)34-29)25-14-26(31(4,5)6)35-30(24)25;2*1-3-2/h9-14H,7-8H2,1-6H3;2*3H2,1-2H3. The molecule has 0 bridgehead atoms. The Morgan fingerprint density at radius 3 is 1.22 bits per heavy atom. The summed E-state index contributed by atoms with van der Waals surface area (Å²) < 4.78 is 5.84. The fourth-order valence-corrected chi connectivity index (χ4v) is 10.1. The van der Waals surface area contributed by atoms with Gasteiger partial charge < -0.3 is 0 Å². The first-order valence-electron chi connectivity index (χ1n) is 15.3. The molecular formula is C37H44S4. The van der Waals surface area contributed by atoms with E-state index in [-0.39, 0.29) is 5.41 Å². The van der Waals surface area contributed by atoms with E-state index in [1.165, 1.54) is 94.2 Å². The van der Waals surface area contributed by atoms with Gasteiger partial charge in [-0.1, -0.05) is 75.2 Å². The van der Waals surface area contributed by atoms with Crippen molar-refractivity contribution in [1.82, 2.24) is 0 Å². The molecule has 41 heavy (non-hydrogen) atoms. The molecule has 0 radical (unpaired) electrons. The molecule has 0 aliphatic carbocycles. The van der Waals surface area contributed by atoms with Crippen LogP contribution in [0, 0.1) is 6.92 Å². The second-order valence-electron chi connectivity index (χ2n) is 12.2. The van der Waals surface area contributed by atoms with E-state index in [2.05, 4.69) is 106 Å². The summed E-state index contributed by atoms with van der Waals surface area (Å²) in [6.45, 7) is 22.3. The lowest BCUT2D eigenvalue weighted by molar-refractivity contribution is 0.604. The highest BCUT2D eigenvalue weighted by molar-refractivity contribution is 7.23. The van der Waals surface area contributed by atoms with Crippen molar-refractivity contribution < 1.29 is 0 Å². The molecule has 7 aromatic rings. The number of aryl methyl sites for hydroxylation is 3. The molecule has 0 nitrogen and oxygen atoms in total. The van der Waals surface area contributed by atoms with Gasteiger partial charge >= 0.3 is 0 Å². The van der Waals surface area contributed by atoms with E-state index in [0.717, 1.165) is 12.8 Å². The zero-order valence-electron chi connectivity index (χ0n) is 26.4. The van der Waals surface area contributed by atoms with E-state index >= 15 is 0 Å². The van der Waals surface area contributed by atoms with Crippen LogP contribution in [0.3, 0.4) is 0 Å². The molecule has 7 rings (SSSR count). The molecule has 0 aliphatic rings. The van der Waals surface area contributed by atoms with Crippen molar-refractivity contribution in [3.8, 4) is 0 Å². The zero-order chi connectivity index (χ0) is 29.6. The fraction of sp³-hybridized carbons (Fsp3) is 0.405. The van der Waals surface area contributed by atoms with Crippen LogP contribution >= 0.6 is 45.3 Å². The van der Waals surface area contributed by atoms with E-state index in [4.69, 9.17) is 0 Å². The summed E-state index contributed by atoms with van der Waals surface area (Å²) in [7, 11) is 0. The molecule has 216 valence electrons. The quantitative estimate of drug-likeness (QED) is 0.170. The van der Waals surface area contributed by atoms with Gasteiger partial charge in [0.2, 0.25) is 0 Å². The molecule has 0 saturated heterocycles. The Balaban J connectivity index is 0.000000520. The molecule has 0 aliphatic heterocycles. The van der Waals surface area contributed by atoms with Crippen molar-refractivity contribution in [2.24, 2.45) is 0 Å². The Hall–Kier alpha value is -1.98. The van der Waals surface area contributed by atoms with E-state index in [1.54, 1.807) is 0 Å². The van der Waals surface area contributed by atoms with Crippen LogP contribution in [0.2, 0.25) is 0 Å². The van der Waals surface area contributed by atoms with Crippen LogP contribution in [0.5, 0.6) is 0 Å². The Morgan fingerprint density at radius 1 is 0.463 bits per heavy atom. The minimum Gasteiger partial charge on any atom is -0.140 e. The van der Waals surface area contributed by atoms with Gasteiger partial charge in [-0.3, -0.25) is 0 Å². The fourth-order valence-electron chi connectivity index (χ4n) is 5.46. The van der Waals surface area contributed by atoms with E-state index in [0.29, 0.717) is 0 Å². The van der Waals surface area contributed by atoms with Crippen LogP contribution in [0.15, 0.2) is 36.4 Å². The average Bonchev–Trinajstić information content (AvgIpc) is 3.71. The van der Waals surface area contributed by atoms with E-state index < -0.39 is 0 Å². The first kappa shape index (κ1) is 30.5. The predicted octanol–water partition coefficient (Wildman–Crippen LogP) is 14.4. The maximum absolute atomic E-state index is 2.55. The molecule has 0 fully saturated rings. The van der Waals surface area contributed by atoms with Crippen LogP contribution in [0.4, 0.5) is 0 Å². The number of rotatable bonds is 2. The predicted molar refractivity (Wildman–Crippen MR) is 197 cm³/mol. The maximum Gasteiger partial charge on any atom is 0.0431 e. The Labute approximate surface area is 262 Å². The summed E-state index contributed by atoms with van der Waals surface area (Å²) in [5.74, 6) is 0. The monoisotopic (exact) mass is 616 g/mol. The smallest absolute Gasteiger partial charge is 0.0431 e. The molecule has 0 saturated carbocycles. The van der Waals surface area contributed by atoms with Crippen LogP contribution < -0.4 is 0 Å². The normalized spacial score (nSPS) is 12.0. The van der Waals surface area contributed by atoms with Crippen LogP contribution in [0.1, 0.15) is 94.7 Å². The van der Waals surface area contributed by atoms with Gasteiger partial charge in [-0.2, -0.15) is 0 Å². The highest BCUT2D eigenvalue weighted by Gasteiger charge is 2.22. The third-order valence-corrected chi connectivity index (χ3v) is 12.6. The van der Waals surface area contributed by atoms with Crippen molar-refractivity contribution in [2.75, 3.05) is 0 Å². The highest BCUT2D eigenvalue weighted by atomic mass is 32.1. The first-order chi connectivity index (χ1) is 19.6. The minimum absolute atomic E-state index is 0.153. The van der Waals surface area contributed by atoms with E-state index in [9.17, 15) is 0 Å². The summed E-state index contributed by atoms with van der Waals surface area (Å²) in [4.78, 5) is 5.84. The van der Waals surface area contributed by atoms with Crippen molar-refractivity contribution in [2.45, 2.75) is 100 Å². The number of hydrogen-bond acceptors (Lipinski definition) is 4. The molecule has 0 atom stereocenters. The van der Waals surface area contributed by atoms with Gasteiger partial charge in [-0.25, -0.2) is 0 Å². The molecule has 0 spiro atoms. The second-order valence-corrected chi connectivity index (χ2v) is 16.8. The Kier molecular flexibility index (Phi) is 8.89. The topological polar surface area (TPSA) is 0 Å². The molecule has 4 heterocycles. The number of fused-ring (bicyclic) bond motifs is 12.